The molecule has 2 aliphatic rings. The fourth-order valence-electron chi connectivity index (χ4n) is 3.95. The molecule has 110 valence electrons. The van der Waals surface area contributed by atoms with Crippen molar-refractivity contribution in [3.63, 3.8) is 0 Å². The third-order valence-corrected chi connectivity index (χ3v) is 6.00. The first-order valence-electron chi connectivity index (χ1n) is 7.47. The molecule has 0 N–H and O–H groups in total. The normalized spacial score (nSPS) is 33.2. The Bertz CT molecular complexity index is 473. The van der Waals surface area contributed by atoms with E-state index in [1.54, 1.807) is 11.3 Å². The number of thiophene rings is 1. The Morgan fingerprint density at radius 3 is 3.10 bits per heavy atom. The van der Waals surface area contributed by atoms with Crippen LogP contribution in [0.1, 0.15) is 37.5 Å². The predicted molar refractivity (Wildman–Crippen MR) is 80.9 cm³/mol. The van der Waals surface area contributed by atoms with Crippen LogP contribution in [0.3, 0.4) is 0 Å². The number of ether oxygens (including phenoxy) is 1. The number of hydrogen-bond acceptors (Lipinski definition) is 3. The molecule has 1 aliphatic carbocycles. The molecule has 2 heterocycles. The van der Waals surface area contributed by atoms with Crippen LogP contribution in [0.4, 0.5) is 0 Å². The Labute approximate surface area is 124 Å². The molecule has 20 heavy (non-hydrogen) atoms. The number of hydrogen-bond donors (Lipinski definition) is 0. The number of carbonyl (C=O) groups excluding carboxylic acids is 1. The van der Waals surface area contributed by atoms with E-state index < -0.39 is 0 Å². The monoisotopic (exact) mass is 293 g/mol. The quantitative estimate of drug-likeness (QED) is 0.857. The summed E-state index contributed by atoms with van der Waals surface area (Å²) >= 11 is 1.68. The summed E-state index contributed by atoms with van der Waals surface area (Å²) < 4.78 is 5.54. The van der Waals surface area contributed by atoms with Gasteiger partial charge in [0.15, 0.2) is 0 Å². The zero-order chi connectivity index (χ0) is 14.2. The lowest BCUT2D eigenvalue weighted by Gasteiger charge is -2.42. The van der Waals surface area contributed by atoms with E-state index in [9.17, 15) is 4.79 Å². The van der Waals surface area contributed by atoms with Crippen LogP contribution in [0, 0.1) is 5.41 Å². The molecule has 0 radical (unpaired) electrons. The van der Waals surface area contributed by atoms with E-state index in [4.69, 9.17) is 4.74 Å². The van der Waals surface area contributed by atoms with E-state index in [0.717, 1.165) is 32.2 Å². The Morgan fingerprint density at radius 1 is 1.55 bits per heavy atom. The van der Waals surface area contributed by atoms with Crippen LogP contribution in [0.25, 0.3) is 0 Å². The first kappa shape index (κ1) is 14.1. The van der Waals surface area contributed by atoms with Gasteiger partial charge in [0.2, 0.25) is 5.91 Å². The third kappa shape index (κ3) is 2.51. The minimum absolute atomic E-state index is 0.254. The van der Waals surface area contributed by atoms with Crippen molar-refractivity contribution in [2.24, 2.45) is 5.41 Å². The third-order valence-electron chi connectivity index (χ3n) is 5.12. The summed E-state index contributed by atoms with van der Waals surface area (Å²) in [5.74, 6) is 0.303. The van der Waals surface area contributed by atoms with Gasteiger partial charge in [0.05, 0.1) is 12.5 Å². The molecule has 0 spiro atoms. The lowest BCUT2D eigenvalue weighted by molar-refractivity contribution is -0.133. The lowest BCUT2D eigenvalue weighted by atomic mass is 9.71. The average molecular weight is 293 g/mol. The fourth-order valence-corrected chi connectivity index (χ4v) is 4.64. The Hall–Kier alpha value is -0.870. The largest absolute Gasteiger partial charge is 0.381 e. The van der Waals surface area contributed by atoms with Gasteiger partial charge in [-0.15, -0.1) is 11.3 Å². The number of nitrogens with zero attached hydrogens (tertiary/aromatic N) is 1. The number of methoxy groups -OCH3 is 1. The van der Waals surface area contributed by atoms with Crippen molar-refractivity contribution in [3.05, 3.63) is 22.4 Å². The topological polar surface area (TPSA) is 29.5 Å². The molecule has 0 unspecified atom stereocenters. The Kier molecular flexibility index (Phi) is 3.87. The van der Waals surface area contributed by atoms with Crippen LogP contribution < -0.4 is 0 Å². The maximum absolute atomic E-state index is 12.6. The summed E-state index contributed by atoms with van der Waals surface area (Å²) in [6, 6.07) is 4.49. The van der Waals surface area contributed by atoms with Gasteiger partial charge in [0.1, 0.15) is 0 Å². The van der Waals surface area contributed by atoms with Crippen molar-refractivity contribution in [1.82, 2.24) is 4.90 Å². The highest BCUT2D eigenvalue weighted by atomic mass is 32.1. The minimum atomic E-state index is 0.254. The van der Waals surface area contributed by atoms with E-state index in [2.05, 4.69) is 17.9 Å². The highest BCUT2D eigenvalue weighted by molar-refractivity contribution is 7.10. The molecule has 1 amide bonds. The Balaban J connectivity index is 1.69. The van der Waals surface area contributed by atoms with Crippen LogP contribution in [0.15, 0.2) is 17.5 Å². The number of amides is 1. The summed E-state index contributed by atoms with van der Waals surface area (Å²) in [4.78, 5) is 15.9. The van der Waals surface area contributed by atoms with E-state index >= 15 is 0 Å². The van der Waals surface area contributed by atoms with Crippen molar-refractivity contribution in [2.75, 3.05) is 13.7 Å². The molecule has 2 fully saturated rings. The van der Waals surface area contributed by atoms with Crippen molar-refractivity contribution < 1.29 is 9.53 Å². The van der Waals surface area contributed by atoms with Gasteiger partial charge < -0.3 is 9.64 Å². The molecule has 0 bridgehead atoms. The highest BCUT2D eigenvalue weighted by Gasteiger charge is 2.49. The maximum atomic E-state index is 12.6. The first-order chi connectivity index (χ1) is 9.62. The SMILES string of the molecule is CO[C@@H]1CC[C@H]2N(C(=O)Cc3cccs3)CC[C@@]2(C)C1. The first-order valence-corrected chi connectivity index (χ1v) is 8.35. The van der Waals surface area contributed by atoms with Gasteiger partial charge in [0.25, 0.3) is 0 Å². The summed E-state index contributed by atoms with van der Waals surface area (Å²) in [7, 11) is 1.81. The molecule has 3 rings (SSSR count). The molecule has 1 saturated heterocycles. The van der Waals surface area contributed by atoms with Crippen LogP contribution in [0.5, 0.6) is 0 Å². The number of likely N-dealkylation sites (tertiary alicyclic amines) is 1. The van der Waals surface area contributed by atoms with Gasteiger partial charge in [-0.2, -0.15) is 0 Å². The zero-order valence-electron chi connectivity index (χ0n) is 12.3. The average Bonchev–Trinajstić information content (AvgIpc) is 3.04. The number of fused-ring (bicyclic) bond motifs is 1. The summed E-state index contributed by atoms with van der Waals surface area (Å²) in [5.41, 5.74) is 0.254. The number of rotatable bonds is 3. The van der Waals surface area contributed by atoms with Gasteiger partial charge in [0, 0.05) is 24.6 Å². The highest BCUT2D eigenvalue weighted by Crippen LogP contribution is 2.47. The van der Waals surface area contributed by atoms with E-state index in [1.807, 2.05) is 18.6 Å². The van der Waals surface area contributed by atoms with Gasteiger partial charge in [-0.05, 0) is 42.5 Å². The minimum Gasteiger partial charge on any atom is -0.381 e. The fraction of sp³-hybridized carbons (Fsp3) is 0.688. The molecule has 1 aromatic rings. The second kappa shape index (κ2) is 5.49. The maximum Gasteiger partial charge on any atom is 0.228 e. The van der Waals surface area contributed by atoms with E-state index in [-0.39, 0.29) is 5.41 Å². The molecule has 3 nitrogen and oxygen atoms in total. The summed E-state index contributed by atoms with van der Waals surface area (Å²) in [5, 5.41) is 2.04. The summed E-state index contributed by atoms with van der Waals surface area (Å²) in [6.07, 6.45) is 5.33. The smallest absolute Gasteiger partial charge is 0.228 e. The molecule has 4 heteroatoms. The molecule has 1 saturated carbocycles. The van der Waals surface area contributed by atoms with Gasteiger partial charge in [-0.1, -0.05) is 13.0 Å². The standard InChI is InChI=1S/C16H23NO2S/c1-16-7-8-17(14(16)6-5-12(11-16)19-2)15(18)10-13-4-3-9-20-13/h3-4,9,12,14H,5-8,10-11H2,1-2H3/t12-,14-,16+/m1/s1. The van der Waals surface area contributed by atoms with Crippen molar-refractivity contribution in [3.8, 4) is 0 Å². The molecule has 1 aliphatic heterocycles. The van der Waals surface area contributed by atoms with Crippen LogP contribution in [-0.4, -0.2) is 36.6 Å². The van der Waals surface area contributed by atoms with Gasteiger partial charge in [-0.25, -0.2) is 0 Å². The van der Waals surface area contributed by atoms with Crippen molar-refractivity contribution >= 4 is 17.2 Å². The van der Waals surface area contributed by atoms with Crippen molar-refractivity contribution in [2.45, 2.75) is 51.2 Å². The second-order valence-corrected chi connectivity index (χ2v) is 7.43. The van der Waals surface area contributed by atoms with Gasteiger partial charge >= 0.3 is 0 Å². The Morgan fingerprint density at radius 2 is 2.40 bits per heavy atom. The summed E-state index contributed by atoms with van der Waals surface area (Å²) in [6.45, 7) is 3.25. The molecule has 3 atom stereocenters. The molecule has 0 aromatic carbocycles. The van der Waals surface area contributed by atoms with Crippen molar-refractivity contribution in [1.29, 1.82) is 0 Å². The van der Waals surface area contributed by atoms with Crippen LogP contribution in [0.2, 0.25) is 0 Å². The molecule has 1 aromatic heterocycles. The van der Waals surface area contributed by atoms with Gasteiger partial charge in [-0.3, -0.25) is 4.79 Å². The second-order valence-electron chi connectivity index (χ2n) is 6.40. The lowest BCUT2D eigenvalue weighted by Crippen LogP contribution is -2.46. The zero-order valence-corrected chi connectivity index (χ0v) is 13.1. The van der Waals surface area contributed by atoms with Crippen LogP contribution >= 0.6 is 11.3 Å². The van der Waals surface area contributed by atoms with Crippen LogP contribution in [-0.2, 0) is 16.0 Å². The van der Waals surface area contributed by atoms with E-state index in [1.165, 1.54) is 4.88 Å². The number of carbonyl (C=O) groups is 1. The molecular weight excluding hydrogens is 270 g/mol. The predicted octanol–water partition coefficient (Wildman–Crippen LogP) is 3.10. The van der Waals surface area contributed by atoms with E-state index in [0.29, 0.717) is 24.5 Å². The molecular formula is C16H23NO2S.